The molecule has 6 rings (SSSR count). The van der Waals surface area contributed by atoms with Crippen molar-refractivity contribution in [3.63, 3.8) is 0 Å². The second-order valence-electron chi connectivity index (χ2n) is 10.6. The molecule has 0 atom stereocenters. The maximum absolute atomic E-state index is 13.4. The monoisotopic (exact) mass is 681 g/mol. The van der Waals surface area contributed by atoms with Crippen molar-refractivity contribution < 1.29 is 54.5 Å². The number of amides is 2. The summed E-state index contributed by atoms with van der Waals surface area (Å²) in [5, 5.41) is 10.5. The van der Waals surface area contributed by atoms with E-state index in [2.05, 4.69) is 31.1 Å². The molecule has 3 N–H and O–H groups in total. The van der Waals surface area contributed by atoms with Crippen LogP contribution in [-0.2, 0) is 15.7 Å². The number of hydrazone groups is 2. The van der Waals surface area contributed by atoms with Crippen LogP contribution in [0.3, 0.4) is 0 Å². The molecule has 17 heteroatoms. The van der Waals surface area contributed by atoms with Crippen LogP contribution in [0, 0.1) is 5.82 Å². The number of hydrogen-bond donors (Lipinski definition) is 3. The average molecular weight is 682 g/mol. The number of alkyl halides is 6. The molecule has 1 aliphatic carbocycles. The Hall–Kier alpha value is -5.35. The molecule has 2 heterocycles. The van der Waals surface area contributed by atoms with Gasteiger partial charge in [0.25, 0.3) is 0 Å². The highest BCUT2D eigenvalue weighted by Gasteiger charge is 2.35. The van der Waals surface area contributed by atoms with E-state index in [9.17, 15) is 40.3 Å². The van der Waals surface area contributed by atoms with Crippen LogP contribution in [0.25, 0.3) is 11.1 Å². The third kappa shape index (κ3) is 8.92. The first-order valence-electron chi connectivity index (χ1n) is 14.4. The van der Waals surface area contributed by atoms with Gasteiger partial charge in [0.15, 0.2) is 0 Å². The number of cyclic esters (lactones) is 2. The largest absolute Gasteiger partial charge is 0.573 e. The fourth-order valence-corrected chi connectivity index (χ4v) is 5.07. The maximum Gasteiger partial charge on any atom is 0.573 e. The number of hydrogen-bond acceptors (Lipinski definition) is 8. The third-order valence-electron chi connectivity index (χ3n) is 7.31. The van der Waals surface area contributed by atoms with Crippen LogP contribution in [0.15, 0.2) is 70.9 Å². The molecule has 1 fully saturated rings. The third-order valence-corrected chi connectivity index (χ3v) is 7.31. The molecule has 2 aliphatic heterocycles. The number of nitrogens with zero attached hydrogens (tertiary/aromatic N) is 2. The lowest BCUT2D eigenvalue weighted by Crippen LogP contribution is -2.31. The highest BCUT2D eigenvalue weighted by molar-refractivity contribution is 6.05. The lowest BCUT2D eigenvalue weighted by Gasteiger charge is -2.20. The maximum atomic E-state index is 13.4. The van der Waals surface area contributed by atoms with Crippen molar-refractivity contribution in [1.29, 1.82) is 0 Å². The summed E-state index contributed by atoms with van der Waals surface area (Å²) < 4.78 is 105. The van der Waals surface area contributed by atoms with Gasteiger partial charge in [-0.2, -0.15) is 23.4 Å². The van der Waals surface area contributed by atoms with E-state index >= 15 is 0 Å². The van der Waals surface area contributed by atoms with Crippen molar-refractivity contribution in [3.8, 4) is 16.9 Å². The molecule has 0 saturated heterocycles. The highest BCUT2D eigenvalue weighted by atomic mass is 19.4. The fourth-order valence-electron chi connectivity index (χ4n) is 5.07. The van der Waals surface area contributed by atoms with Gasteiger partial charge in [0.2, 0.25) is 0 Å². The zero-order valence-corrected chi connectivity index (χ0v) is 24.7. The van der Waals surface area contributed by atoms with Gasteiger partial charge in [-0.1, -0.05) is 37.1 Å². The van der Waals surface area contributed by atoms with E-state index in [1.807, 2.05) is 0 Å². The van der Waals surface area contributed by atoms with Crippen LogP contribution >= 0.6 is 0 Å². The first-order chi connectivity index (χ1) is 22.7. The van der Waals surface area contributed by atoms with Crippen molar-refractivity contribution in [2.45, 2.75) is 44.3 Å². The predicted octanol–water partition coefficient (Wildman–Crippen LogP) is 7.34. The average Bonchev–Trinajstić information content (AvgIpc) is 3.55. The van der Waals surface area contributed by atoms with Crippen molar-refractivity contribution >= 4 is 29.3 Å². The molecular weight excluding hydrogens is 655 g/mol. The fraction of sp³-hybridized carbons (Fsp3) is 0.290. The lowest BCUT2D eigenvalue weighted by molar-refractivity contribution is -0.274. The number of anilines is 1. The Bertz CT molecular complexity index is 1720. The van der Waals surface area contributed by atoms with Gasteiger partial charge in [0.1, 0.15) is 36.2 Å². The number of halogens is 7. The van der Waals surface area contributed by atoms with Crippen LogP contribution in [0.2, 0.25) is 0 Å². The van der Waals surface area contributed by atoms with Gasteiger partial charge >= 0.3 is 24.7 Å². The van der Waals surface area contributed by atoms with Crippen molar-refractivity contribution in [2.75, 3.05) is 18.5 Å². The summed E-state index contributed by atoms with van der Waals surface area (Å²) in [5.41, 5.74) is 5.03. The number of nitrogens with one attached hydrogen (secondary N) is 3. The Morgan fingerprint density at radius 1 is 0.750 bits per heavy atom. The van der Waals surface area contributed by atoms with Gasteiger partial charge < -0.3 is 19.5 Å². The van der Waals surface area contributed by atoms with Crippen molar-refractivity contribution in [1.82, 2.24) is 10.9 Å². The second-order valence-corrected chi connectivity index (χ2v) is 10.6. The summed E-state index contributed by atoms with van der Waals surface area (Å²) in [6.45, 7) is -0.342. The van der Waals surface area contributed by atoms with Gasteiger partial charge in [-0.15, -0.1) is 13.2 Å². The smallest absolute Gasteiger partial charge is 0.442 e. The minimum absolute atomic E-state index is 0.0783. The number of carbonyl (C=O) groups excluding carboxylic acids is 2. The summed E-state index contributed by atoms with van der Waals surface area (Å²) in [5.74, 6) is -0.987. The molecule has 3 aromatic carbocycles. The normalized spacial score (nSPS) is 16.6. The first kappa shape index (κ1) is 34.0. The molecule has 0 spiro atoms. The summed E-state index contributed by atoms with van der Waals surface area (Å²) >= 11 is 0. The van der Waals surface area contributed by atoms with E-state index in [0.29, 0.717) is 5.56 Å². The van der Waals surface area contributed by atoms with Gasteiger partial charge in [-0.3, -0.25) is 0 Å². The zero-order chi connectivity index (χ0) is 34.5. The second kappa shape index (κ2) is 14.2. The van der Waals surface area contributed by atoms with Crippen molar-refractivity contribution in [3.05, 3.63) is 83.2 Å². The van der Waals surface area contributed by atoms with E-state index in [1.165, 1.54) is 30.3 Å². The molecule has 0 unspecified atom stereocenters. The topological polar surface area (TPSA) is 123 Å². The predicted molar refractivity (Wildman–Crippen MR) is 158 cm³/mol. The van der Waals surface area contributed by atoms with E-state index in [-0.39, 0.29) is 53.1 Å². The molecule has 10 nitrogen and oxygen atoms in total. The minimum atomic E-state index is -4.91. The van der Waals surface area contributed by atoms with Gasteiger partial charge in [-0.25, -0.2) is 24.8 Å². The first-order valence-corrected chi connectivity index (χ1v) is 14.4. The number of rotatable bonds is 6. The molecule has 1 saturated carbocycles. The SMILES string of the molecule is O=C1NN=C(c2ccc(-c3ccc(F)cc3)c(OC(F)(F)F)c2)CO1.O=C1NN=C(c2ccc(NC3CCCC3)c(C(F)(F)F)c2)CO1. The van der Waals surface area contributed by atoms with Gasteiger partial charge in [0.05, 0.1) is 5.56 Å². The van der Waals surface area contributed by atoms with Crippen LogP contribution < -0.4 is 20.9 Å². The summed E-state index contributed by atoms with van der Waals surface area (Å²) in [6.07, 6.45) is -7.03. The minimum Gasteiger partial charge on any atom is -0.442 e. The molecule has 48 heavy (non-hydrogen) atoms. The molecule has 0 bridgehead atoms. The summed E-state index contributed by atoms with van der Waals surface area (Å²) in [4.78, 5) is 21.8. The number of carbonyl (C=O) groups is 2. The molecule has 3 aromatic rings. The quantitative estimate of drug-likeness (QED) is 0.234. The lowest BCUT2D eigenvalue weighted by atomic mass is 10.0. The van der Waals surface area contributed by atoms with E-state index in [1.54, 1.807) is 6.07 Å². The zero-order valence-electron chi connectivity index (χ0n) is 24.7. The molecule has 3 aliphatic rings. The molecular formula is C31H26F7N5O5. The standard InChI is InChI=1S/C16H10F4N2O3.C15H16F3N3O2/c17-11-4-1-9(2-5-11)12-6-3-10(7-14(12)25-16(18,19)20)13-8-24-15(23)22-21-13;16-15(17,18)11-7-9(13-8-23-14(22)21-20-13)5-6-12(11)19-10-3-1-2-4-10/h1-7H,8H2,(H,22,23);5-7,10,19H,1-4,8H2,(H,21,22). The molecule has 0 radical (unpaired) electrons. The molecule has 254 valence electrons. The van der Waals surface area contributed by atoms with E-state index in [0.717, 1.165) is 49.9 Å². The van der Waals surface area contributed by atoms with Crippen LogP contribution in [0.4, 0.5) is 46.0 Å². The Morgan fingerprint density at radius 3 is 1.81 bits per heavy atom. The van der Waals surface area contributed by atoms with Gasteiger partial charge in [-0.05, 0) is 54.8 Å². The number of benzene rings is 3. The number of ether oxygens (including phenoxy) is 3. The van der Waals surface area contributed by atoms with Crippen molar-refractivity contribution in [2.24, 2.45) is 10.2 Å². The molecule has 2 amide bonds. The van der Waals surface area contributed by atoms with Gasteiger partial charge in [0, 0.05) is 28.4 Å². The van der Waals surface area contributed by atoms with E-state index in [4.69, 9.17) is 9.47 Å². The highest BCUT2D eigenvalue weighted by Crippen LogP contribution is 2.38. The Morgan fingerprint density at radius 2 is 1.29 bits per heavy atom. The Labute approximate surface area is 267 Å². The summed E-state index contributed by atoms with van der Waals surface area (Å²) in [7, 11) is 0. The van der Waals surface area contributed by atoms with Crippen LogP contribution in [0.5, 0.6) is 5.75 Å². The van der Waals surface area contributed by atoms with E-state index < -0.39 is 41.9 Å². The Balaban J connectivity index is 0.000000188. The summed E-state index contributed by atoms with van der Waals surface area (Å²) in [6, 6.07) is 13.1. The van der Waals surface area contributed by atoms with Crippen LogP contribution in [0.1, 0.15) is 42.4 Å². The van der Waals surface area contributed by atoms with Crippen LogP contribution in [-0.4, -0.2) is 49.2 Å². The molecule has 0 aromatic heterocycles. The Kier molecular flexibility index (Phi) is 10.0.